The summed E-state index contributed by atoms with van der Waals surface area (Å²) in [5.41, 5.74) is 4.21. The standard InChI is InChI=1S/C26H30N4O2/c1-17(20-10-6-11-21(14-20)18(2)26(31)32)15-29-24(19-8-4-3-5-9-19)23-16-28-22-12-7-13-27-25(22)30-23/h3-14,17-18,23-24,28-29H,15-16H2,1-2H3,(H,27,30)(H,31,32)/t17-,18+,23+,24+/m0/s1. The molecule has 2 heterocycles. The third-order valence-corrected chi connectivity index (χ3v) is 6.20. The number of carboxylic acids is 1. The second kappa shape index (κ2) is 9.83. The Hall–Kier alpha value is -3.38. The van der Waals surface area contributed by atoms with Crippen LogP contribution in [0.1, 0.15) is 48.4 Å². The number of hydrogen-bond acceptors (Lipinski definition) is 5. The van der Waals surface area contributed by atoms with Crippen molar-refractivity contribution in [2.75, 3.05) is 23.7 Å². The Morgan fingerprint density at radius 2 is 1.81 bits per heavy atom. The van der Waals surface area contributed by atoms with Gasteiger partial charge in [-0.3, -0.25) is 4.79 Å². The van der Waals surface area contributed by atoms with Gasteiger partial charge in [-0.15, -0.1) is 0 Å². The number of benzene rings is 2. The molecule has 166 valence electrons. The summed E-state index contributed by atoms with van der Waals surface area (Å²) < 4.78 is 0. The molecular formula is C26H30N4O2. The number of nitrogens with zero attached hydrogens (tertiary/aromatic N) is 1. The predicted molar refractivity (Wildman–Crippen MR) is 128 cm³/mol. The molecule has 0 saturated heterocycles. The first-order chi connectivity index (χ1) is 15.5. The molecule has 0 spiro atoms. The summed E-state index contributed by atoms with van der Waals surface area (Å²) in [6.45, 7) is 5.44. The Kier molecular flexibility index (Phi) is 6.71. The Morgan fingerprint density at radius 3 is 2.59 bits per heavy atom. The predicted octanol–water partition coefficient (Wildman–Crippen LogP) is 4.61. The van der Waals surface area contributed by atoms with E-state index < -0.39 is 11.9 Å². The monoisotopic (exact) mass is 430 g/mol. The smallest absolute Gasteiger partial charge is 0.310 e. The molecule has 1 aliphatic heterocycles. The summed E-state index contributed by atoms with van der Waals surface area (Å²) >= 11 is 0. The second-order valence-corrected chi connectivity index (χ2v) is 8.46. The SMILES string of the molecule is C[C@@H](CN[C@H](c1ccccc1)[C@H]1CNc2cccnc2N1)c1cccc([C@@H](C)C(=O)O)c1. The Morgan fingerprint density at radius 1 is 1.06 bits per heavy atom. The average Bonchev–Trinajstić information content (AvgIpc) is 2.84. The van der Waals surface area contributed by atoms with Gasteiger partial charge < -0.3 is 21.1 Å². The van der Waals surface area contributed by atoms with Gasteiger partial charge in [-0.25, -0.2) is 4.98 Å². The van der Waals surface area contributed by atoms with Gasteiger partial charge in [-0.05, 0) is 41.7 Å². The molecular weight excluding hydrogens is 400 g/mol. The van der Waals surface area contributed by atoms with Crippen LogP contribution in [0.5, 0.6) is 0 Å². The number of carboxylic acid groups (broad SMARTS) is 1. The molecule has 0 radical (unpaired) electrons. The van der Waals surface area contributed by atoms with Gasteiger partial charge in [0.15, 0.2) is 0 Å². The van der Waals surface area contributed by atoms with Crippen LogP contribution in [0.4, 0.5) is 11.5 Å². The van der Waals surface area contributed by atoms with Crippen LogP contribution < -0.4 is 16.0 Å². The van der Waals surface area contributed by atoms with E-state index in [1.165, 1.54) is 5.56 Å². The van der Waals surface area contributed by atoms with Crippen LogP contribution in [0.25, 0.3) is 0 Å². The van der Waals surface area contributed by atoms with Crippen molar-refractivity contribution in [2.24, 2.45) is 0 Å². The molecule has 0 amide bonds. The summed E-state index contributed by atoms with van der Waals surface area (Å²) in [4.78, 5) is 15.9. The molecule has 0 unspecified atom stereocenters. The molecule has 4 atom stereocenters. The van der Waals surface area contributed by atoms with Crippen LogP contribution in [0.2, 0.25) is 0 Å². The minimum absolute atomic E-state index is 0.0856. The Balaban J connectivity index is 1.50. The van der Waals surface area contributed by atoms with Gasteiger partial charge in [0.1, 0.15) is 5.82 Å². The molecule has 0 bridgehead atoms. The molecule has 0 fully saturated rings. The lowest BCUT2D eigenvalue weighted by molar-refractivity contribution is -0.138. The number of pyridine rings is 1. The zero-order valence-electron chi connectivity index (χ0n) is 18.5. The van der Waals surface area contributed by atoms with Crippen LogP contribution in [-0.4, -0.2) is 35.2 Å². The molecule has 6 heteroatoms. The van der Waals surface area contributed by atoms with Gasteiger partial charge in [-0.1, -0.05) is 61.5 Å². The number of carbonyl (C=O) groups is 1. The van der Waals surface area contributed by atoms with E-state index in [9.17, 15) is 9.90 Å². The second-order valence-electron chi connectivity index (χ2n) is 8.46. The van der Waals surface area contributed by atoms with E-state index >= 15 is 0 Å². The molecule has 32 heavy (non-hydrogen) atoms. The highest BCUT2D eigenvalue weighted by atomic mass is 16.4. The highest BCUT2D eigenvalue weighted by Crippen LogP contribution is 2.29. The lowest BCUT2D eigenvalue weighted by atomic mass is 9.93. The average molecular weight is 431 g/mol. The Bertz CT molecular complexity index is 1060. The van der Waals surface area contributed by atoms with E-state index in [0.717, 1.165) is 35.7 Å². The topological polar surface area (TPSA) is 86.3 Å². The van der Waals surface area contributed by atoms with Crippen molar-refractivity contribution in [3.05, 3.63) is 89.6 Å². The summed E-state index contributed by atoms with van der Waals surface area (Å²) in [5.74, 6) is -0.224. The van der Waals surface area contributed by atoms with Gasteiger partial charge in [0.05, 0.1) is 23.7 Å². The molecule has 1 aromatic heterocycles. The molecule has 3 aromatic rings. The minimum atomic E-state index is -0.804. The summed E-state index contributed by atoms with van der Waals surface area (Å²) in [7, 11) is 0. The van der Waals surface area contributed by atoms with Crippen molar-refractivity contribution < 1.29 is 9.90 Å². The number of nitrogens with one attached hydrogen (secondary N) is 3. The molecule has 4 rings (SSSR count). The van der Waals surface area contributed by atoms with Gasteiger partial charge in [0.2, 0.25) is 0 Å². The van der Waals surface area contributed by atoms with Crippen LogP contribution in [-0.2, 0) is 4.79 Å². The quantitative estimate of drug-likeness (QED) is 0.418. The van der Waals surface area contributed by atoms with E-state index in [1.54, 1.807) is 13.1 Å². The Labute approximate surface area is 189 Å². The number of aromatic nitrogens is 1. The number of aliphatic carboxylic acids is 1. The van der Waals surface area contributed by atoms with Gasteiger partial charge in [0, 0.05) is 19.3 Å². The van der Waals surface area contributed by atoms with Gasteiger partial charge in [-0.2, -0.15) is 0 Å². The summed E-state index contributed by atoms with van der Waals surface area (Å²) in [5, 5.41) is 20.2. The van der Waals surface area contributed by atoms with Gasteiger partial charge >= 0.3 is 5.97 Å². The fourth-order valence-electron chi connectivity index (χ4n) is 4.16. The van der Waals surface area contributed by atoms with Crippen molar-refractivity contribution in [2.45, 2.75) is 37.8 Å². The normalized spacial score (nSPS) is 17.9. The van der Waals surface area contributed by atoms with E-state index in [0.29, 0.717) is 0 Å². The first-order valence-electron chi connectivity index (χ1n) is 11.1. The van der Waals surface area contributed by atoms with Crippen molar-refractivity contribution in [3.8, 4) is 0 Å². The fraction of sp³-hybridized carbons (Fsp3) is 0.308. The summed E-state index contributed by atoms with van der Waals surface area (Å²) in [6.07, 6.45) is 1.80. The maximum absolute atomic E-state index is 11.4. The fourth-order valence-corrected chi connectivity index (χ4v) is 4.16. The molecule has 4 N–H and O–H groups in total. The zero-order chi connectivity index (χ0) is 22.5. The first-order valence-corrected chi connectivity index (χ1v) is 11.1. The number of rotatable bonds is 8. The van der Waals surface area contributed by atoms with Crippen LogP contribution in [0.15, 0.2) is 72.9 Å². The van der Waals surface area contributed by atoms with E-state index in [2.05, 4.69) is 58.2 Å². The van der Waals surface area contributed by atoms with E-state index in [4.69, 9.17) is 0 Å². The molecule has 2 aromatic carbocycles. The van der Waals surface area contributed by atoms with E-state index in [1.807, 2.05) is 36.4 Å². The van der Waals surface area contributed by atoms with Crippen LogP contribution in [0, 0.1) is 0 Å². The van der Waals surface area contributed by atoms with Crippen molar-refractivity contribution in [1.82, 2.24) is 10.3 Å². The summed E-state index contributed by atoms with van der Waals surface area (Å²) in [6, 6.07) is 22.5. The third kappa shape index (κ3) is 4.92. The highest BCUT2D eigenvalue weighted by molar-refractivity contribution is 5.75. The zero-order valence-corrected chi connectivity index (χ0v) is 18.5. The molecule has 1 aliphatic rings. The lowest BCUT2D eigenvalue weighted by Crippen LogP contribution is -2.45. The van der Waals surface area contributed by atoms with E-state index in [-0.39, 0.29) is 18.0 Å². The van der Waals surface area contributed by atoms with Crippen LogP contribution in [0.3, 0.4) is 0 Å². The molecule has 6 nitrogen and oxygen atoms in total. The number of fused-ring (bicyclic) bond motifs is 1. The minimum Gasteiger partial charge on any atom is -0.481 e. The maximum atomic E-state index is 11.4. The van der Waals surface area contributed by atoms with Crippen molar-refractivity contribution in [3.63, 3.8) is 0 Å². The van der Waals surface area contributed by atoms with Crippen molar-refractivity contribution in [1.29, 1.82) is 0 Å². The molecule has 0 saturated carbocycles. The largest absolute Gasteiger partial charge is 0.481 e. The van der Waals surface area contributed by atoms with Gasteiger partial charge in [0.25, 0.3) is 0 Å². The first kappa shape index (κ1) is 21.8. The highest BCUT2D eigenvalue weighted by Gasteiger charge is 2.27. The number of hydrogen-bond donors (Lipinski definition) is 4. The van der Waals surface area contributed by atoms with Crippen LogP contribution >= 0.6 is 0 Å². The lowest BCUT2D eigenvalue weighted by Gasteiger charge is -2.35. The molecule has 0 aliphatic carbocycles. The third-order valence-electron chi connectivity index (χ3n) is 6.20. The maximum Gasteiger partial charge on any atom is 0.310 e. The number of anilines is 2. The van der Waals surface area contributed by atoms with Crippen molar-refractivity contribution >= 4 is 17.5 Å².